The van der Waals surface area contributed by atoms with Crippen molar-refractivity contribution in [2.75, 3.05) is 43.4 Å². The first-order valence-electron chi connectivity index (χ1n) is 8.56. The Kier molecular flexibility index (Phi) is 4.71. The second kappa shape index (κ2) is 6.77. The summed E-state index contributed by atoms with van der Waals surface area (Å²) in [6.45, 7) is 10.8. The van der Waals surface area contributed by atoms with Crippen LogP contribution in [-0.2, 0) is 5.41 Å². The van der Waals surface area contributed by atoms with E-state index in [-0.39, 0.29) is 5.41 Å². The van der Waals surface area contributed by atoms with Gasteiger partial charge in [0, 0.05) is 38.1 Å². The molecule has 0 unspecified atom stereocenters. The van der Waals surface area contributed by atoms with Crippen LogP contribution in [-0.4, -0.2) is 48.1 Å². The van der Waals surface area contributed by atoms with E-state index in [0.717, 1.165) is 37.7 Å². The predicted octanol–water partition coefficient (Wildman–Crippen LogP) is 3.27. The molecule has 3 rings (SSSR count). The fraction of sp³-hybridized carbons (Fsp3) is 0.474. The van der Waals surface area contributed by atoms with Crippen LogP contribution in [0, 0.1) is 0 Å². The molecule has 0 bridgehead atoms. The third-order valence-electron chi connectivity index (χ3n) is 4.48. The highest BCUT2D eigenvalue weighted by Gasteiger charge is 2.16. The Bertz CT molecular complexity index is 667. The number of hydrogen-bond donors (Lipinski definition) is 1. The van der Waals surface area contributed by atoms with E-state index in [9.17, 15) is 0 Å². The summed E-state index contributed by atoms with van der Waals surface area (Å²) in [5, 5.41) is 3.31. The third-order valence-corrected chi connectivity index (χ3v) is 4.48. The molecule has 5 heteroatoms. The molecule has 2 aromatic rings. The van der Waals surface area contributed by atoms with Crippen LogP contribution in [0.1, 0.15) is 26.3 Å². The molecular formula is C19H27N5. The fourth-order valence-electron chi connectivity index (χ4n) is 2.80. The molecule has 0 saturated carbocycles. The van der Waals surface area contributed by atoms with Gasteiger partial charge >= 0.3 is 0 Å². The number of piperazine rings is 1. The van der Waals surface area contributed by atoms with Crippen molar-refractivity contribution in [3.05, 3.63) is 42.1 Å². The van der Waals surface area contributed by atoms with Crippen LogP contribution in [0.15, 0.2) is 36.5 Å². The van der Waals surface area contributed by atoms with Gasteiger partial charge in [-0.1, -0.05) is 32.9 Å². The van der Waals surface area contributed by atoms with E-state index in [0.29, 0.717) is 5.95 Å². The van der Waals surface area contributed by atoms with Crippen LogP contribution in [0.2, 0.25) is 0 Å². The van der Waals surface area contributed by atoms with Crippen molar-refractivity contribution in [3.8, 4) is 0 Å². The number of anilines is 3. The van der Waals surface area contributed by atoms with Gasteiger partial charge in [0.15, 0.2) is 0 Å². The number of benzene rings is 1. The molecule has 0 aliphatic carbocycles. The second-order valence-corrected chi connectivity index (χ2v) is 7.48. The molecule has 1 aromatic carbocycles. The summed E-state index contributed by atoms with van der Waals surface area (Å²) in [6, 6.07) is 10.5. The first kappa shape index (κ1) is 16.7. The Morgan fingerprint density at radius 1 is 0.958 bits per heavy atom. The van der Waals surface area contributed by atoms with Gasteiger partial charge in [-0.05, 0) is 36.2 Å². The van der Waals surface area contributed by atoms with Gasteiger partial charge in [-0.2, -0.15) is 4.98 Å². The van der Waals surface area contributed by atoms with E-state index in [1.807, 2.05) is 12.3 Å². The molecule has 1 aromatic heterocycles. The van der Waals surface area contributed by atoms with Gasteiger partial charge in [0.05, 0.1) is 0 Å². The highest BCUT2D eigenvalue weighted by Crippen LogP contribution is 2.24. The van der Waals surface area contributed by atoms with E-state index in [1.54, 1.807) is 0 Å². The van der Waals surface area contributed by atoms with Gasteiger partial charge in [0.2, 0.25) is 5.95 Å². The molecule has 2 heterocycles. The monoisotopic (exact) mass is 325 g/mol. The van der Waals surface area contributed by atoms with Crippen molar-refractivity contribution in [2.24, 2.45) is 0 Å². The molecule has 1 aliphatic rings. The van der Waals surface area contributed by atoms with Crippen molar-refractivity contribution in [2.45, 2.75) is 26.2 Å². The van der Waals surface area contributed by atoms with Gasteiger partial charge in [-0.15, -0.1) is 0 Å². The lowest BCUT2D eigenvalue weighted by atomic mass is 9.87. The smallest absolute Gasteiger partial charge is 0.229 e. The fourth-order valence-corrected chi connectivity index (χ4v) is 2.80. The van der Waals surface area contributed by atoms with E-state index in [4.69, 9.17) is 0 Å². The first-order valence-corrected chi connectivity index (χ1v) is 8.56. The molecular weight excluding hydrogens is 298 g/mol. The molecule has 1 aliphatic heterocycles. The third kappa shape index (κ3) is 4.03. The number of hydrogen-bond acceptors (Lipinski definition) is 5. The van der Waals surface area contributed by atoms with Crippen molar-refractivity contribution < 1.29 is 0 Å². The second-order valence-electron chi connectivity index (χ2n) is 7.48. The van der Waals surface area contributed by atoms with Gasteiger partial charge in [-0.3, -0.25) is 0 Å². The van der Waals surface area contributed by atoms with Crippen LogP contribution in [0.5, 0.6) is 0 Å². The van der Waals surface area contributed by atoms with Crippen molar-refractivity contribution in [3.63, 3.8) is 0 Å². The van der Waals surface area contributed by atoms with Gasteiger partial charge < -0.3 is 15.1 Å². The zero-order valence-corrected chi connectivity index (χ0v) is 15.1. The maximum absolute atomic E-state index is 4.67. The summed E-state index contributed by atoms with van der Waals surface area (Å²) in [7, 11) is 2.16. The van der Waals surface area contributed by atoms with Crippen LogP contribution < -0.4 is 10.2 Å². The molecule has 0 spiro atoms. The van der Waals surface area contributed by atoms with Crippen molar-refractivity contribution >= 4 is 17.5 Å². The zero-order valence-electron chi connectivity index (χ0n) is 15.1. The minimum Gasteiger partial charge on any atom is -0.354 e. The maximum atomic E-state index is 4.67. The topological polar surface area (TPSA) is 44.3 Å². The minimum atomic E-state index is 0.163. The summed E-state index contributed by atoms with van der Waals surface area (Å²) < 4.78 is 0. The molecule has 1 fully saturated rings. The quantitative estimate of drug-likeness (QED) is 0.938. The molecule has 5 nitrogen and oxygen atoms in total. The van der Waals surface area contributed by atoms with E-state index in [1.165, 1.54) is 5.56 Å². The number of likely N-dealkylation sites (N-methyl/N-ethyl adjacent to an activating group) is 1. The van der Waals surface area contributed by atoms with Crippen LogP contribution in [0.3, 0.4) is 0 Å². The largest absolute Gasteiger partial charge is 0.354 e. The summed E-state index contributed by atoms with van der Waals surface area (Å²) in [5.41, 5.74) is 2.50. The first-order chi connectivity index (χ1) is 11.4. The maximum Gasteiger partial charge on any atom is 0.229 e. The average Bonchev–Trinajstić information content (AvgIpc) is 2.55. The van der Waals surface area contributed by atoms with Crippen molar-refractivity contribution in [1.29, 1.82) is 0 Å². The lowest BCUT2D eigenvalue weighted by Gasteiger charge is -2.33. The van der Waals surface area contributed by atoms with Gasteiger partial charge in [-0.25, -0.2) is 4.98 Å². The molecule has 24 heavy (non-hydrogen) atoms. The zero-order chi connectivity index (χ0) is 17.2. The molecule has 0 amide bonds. The number of rotatable bonds is 3. The summed E-state index contributed by atoms with van der Waals surface area (Å²) in [5.74, 6) is 1.64. The summed E-state index contributed by atoms with van der Waals surface area (Å²) in [4.78, 5) is 13.7. The number of nitrogens with zero attached hydrogens (tertiary/aromatic N) is 4. The molecule has 0 atom stereocenters. The lowest BCUT2D eigenvalue weighted by molar-refractivity contribution is 0.312. The molecule has 0 radical (unpaired) electrons. The summed E-state index contributed by atoms with van der Waals surface area (Å²) in [6.07, 6.45) is 1.83. The Labute approximate surface area is 144 Å². The van der Waals surface area contributed by atoms with E-state index in [2.05, 4.69) is 77.2 Å². The Hall–Kier alpha value is -2.14. The Balaban J connectivity index is 1.70. The highest BCUT2D eigenvalue weighted by molar-refractivity contribution is 5.56. The van der Waals surface area contributed by atoms with Crippen LogP contribution in [0.25, 0.3) is 0 Å². The summed E-state index contributed by atoms with van der Waals surface area (Å²) >= 11 is 0. The van der Waals surface area contributed by atoms with Gasteiger partial charge in [0.25, 0.3) is 0 Å². The molecule has 1 N–H and O–H groups in total. The Morgan fingerprint density at radius 3 is 2.25 bits per heavy atom. The van der Waals surface area contributed by atoms with Crippen LogP contribution >= 0.6 is 0 Å². The lowest BCUT2D eigenvalue weighted by Crippen LogP contribution is -2.44. The van der Waals surface area contributed by atoms with E-state index >= 15 is 0 Å². The predicted molar refractivity (Wildman–Crippen MR) is 100 cm³/mol. The van der Waals surface area contributed by atoms with Gasteiger partial charge in [0.1, 0.15) is 5.82 Å². The average molecular weight is 325 g/mol. The highest BCUT2D eigenvalue weighted by atomic mass is 15.3. The normalized spacial score (nSPS) is 16.2. The molecule has 1 saturated heterocycles. The number of aromatic nitrogens is 2. The number of nitrogens with one attached hydrogen (secondary N) is 1. The van der Waals surface area contributed by atoms with E-state index < -0.39 is 0 Å². The van der Waals surface area contributed by atoms with Crippen molar-refractivity contribution in [1.82, 2.24) is 14.9 Å². The molecule has 128 valence electrons. The van der Waals surface area contributed by atoms with Crippen LogP contribution in [0.4, 0.5) is 17.5 Å². The Morgan fingerprint density at radius 2 is 1.62 bits per heavy atom. The SMILES string of the molecule is CN1CCN(c2ccnc(Nc3ccc(C(C)(C)C)cc3)n2)CC1. The minimum absolute atomic E-state index is 0.163. The standard InChI is InChI=1S/C19H27N5/c1-19(2,3)15-5-7-16(8-6-15)21-18-20-10-9-17(22-18)24-13-11-23(4)12-14-24/h5-10H,11-14H2,1-4H3,(H,20,21,22).